The fourth-order valence-corrected chi connectivity index (χ4v) is 1.87. The number of hydrogen-bond donors (Lipinski definition) is 3. The molecule has 0 spiro atoms. The van der Waals surface area contributed by atoms with E-state index in [1.54, 1.807) is 24.3 Å². The molecule has 2 rings (SSSR count). The van der Waals surface area contributed by atoms with Crippen molar-refractivity contribution in [3.8, 4) is 11.5 Å². The highest BCUT2D eigenvalue weighted by molar-refractivity contribution is 6.32. The largest absolute Gasteiger partial charge is 0.506 e. The van der Waals surface area contributed by atoms with Gasteiger partial charge in [0.2, 0.25) is 0 Å². The van der Waals surface area contributed by atoms with Gasteiger partial charge in [-0.15, -0.1) is 0 Å². The first-order valence-corrected chi connectivity index (χ1v) is 6.69. The molecule has 21 heavy (non-hydrogen) atoms. The van der Waals surface area contributed by atoms with E-state index in [9.17, 15) is 9.90 Å². The third-order valence-corrected chi connectivity index (χ3v) is 3.03. The fraction of sp³-hybridized carbons (Fsp3) is 0.133. The Bertz CT molecular complexity index is 647. The molecule has 0 saturated heterocycles. The number of nitrogens with two attached hydrogens (primary N) is 1. The molecule has 0 atom stereocenters. The Morgan fingerprint density at radius 3 is 2.81 bits per heavy atom. The molecule has 0 saturated carbocycles. The summed E-state index contributed by atoms with van der Waals surface area (Å²) in [6.45, 7) is 0.660. The van der Waals surface area contributed by atoms with Gasteiger partial charge in [-0.3, -0.25) is 4.79 Å². The van der Waals surface area contributed by atoms with E-state index in [0.717, 1.165) is 0 Å². The first-order chi connectivity index (χ1) is 10.1. The fourth-order valence-electron chi connectivity index (χ4n) is 1.69. The Labute approximate surface area is 127 Å². The lowest BCUT2D eigenvalue weighted by molar-refractivity contribution is 0.0947. The molecule has 110 valence electrons. The third kappa shape index (κ3) is 4.29. The quantitative estimate of drug-likeness (QED) is 0.585. The molecule has 0 heterocycles. The monoisotopic (exact) mass is 306 g/mol. The summed E-state index contributed by atoms with van der Waals surface area (Å²) < 4.78 is 5.46. The number of halogens is 1. The lowest BCUT2D eigenvalue weighted by Crippen LogP contribution is -2.28. The molecule has 4 N–H and O–H groups in total. The van der Waals surface area contributed by atoms with Crippen LogP contribution in [-0.4, -0.2) is 24.2 Å². The van der Waals surface area contributed by atoms with Crippen LogP contribution in [0.15, 0.2) is 42.5 Å². The van der Waals surface area contributed by atoms with Gasteiger partial charge in [0, 0.05) is 17.3 Å². The second kappa shape index (κ2) is 6.85. The maximum absolute atomic E-state index is 11.8. The number of phenols is 1. The number of carbonyl (C=O) groups excluding carboxylic acids is 1. The predicted molar refractivity (Wildman–Crippen MR) is 81.8 cm³/mol. The second-order valence-electron chi connectivity index (χ2n) is 4.34. The molecule has 5 nitrogen and oxygen atoms in total. The van der Waals surface area contributed by atoms with Crippen molar-refractivity contribution in [1.82, 2.24) is 5.32 Å². The average Bonchev–Trinajstić information content (AvgIpc) is 2.46. The molecule has 0 unspecified atom stereocenters. The van der Waals surface area contributed by atoms with Crippen molar-refractivity contribution < 1.29 is 14.6 Å². The Morgan fingerprint density at radius 1 is 1.29 bits per heavy atom. The maximum atomic E-state index is 11.8. The zero-order valence-electron chi connectivity index (χ0n) is 11.2. The summed E-state index contributed by atoms with van der Waals surface area (Å²) in [5.74, 6) is 0.309. The van der Waals surface area contributed by atoms with Gasteiger partial charge in [0.05, 0.1) is 11.6 Å². The molecule has 0 radical (unpaired) electrons. The Hall–Kier alpha value is -2.40. The minimum atomic E-state index is -0.284. The molecule has 0 fully saturated rings. The van der Waals surface area contributed by atoms with Crippen molar-refractivity contribution in [3.63, 3.8) is 0 Å². The Balaban J connectivity index is 1.80. The van der Waals surface area contributed by atoms with E-state index in [1.165, 1.54) is 18.2 Å². The van der Waals surface area contributed by atoms with Crippen LogP contribution < -0.4 is 15.8 Å². The van der Waals surface area contributed by atoms with Crippen LogP contribution in [0.25, 0.3) is 0 Å². The molecule has 0 aromatic heterocycles. The number of benzene rings is 2. The van der Waals surface area contributed by atoms with Gasteiger partial charge in [-0.25, -0.2) is 0 Å². The summed E-state index contributed by atoms with van der Waals surface area (Å²) in [4.78, 5) is 11.8. The number of carbonyl (C=O) groups is 1. The van der Waals surface area contributed by atoms with Gasteiger partial charge in [-0.2, -0.15) is 0 Å². The first-order valence-electron chi connectivity index (χ1n) is 6.31. The summed E-state index contributed by atoms with van der Waals surface area (Å²) in [5.41, 5.74) is 6.63. The van der Waals surface area contributed by atoms with Crippen LogP contribution in [0.3, 0.4) is 0 Å². The number of rotatable bonds is 5. The lowest BCUT2D eigenvalue weighted by Gasteiger charge is -2.08. The van der Waals surface area contributed by atoms with Gasteiger partial charge >= 0.3 is 0 Å². The second-order valence-corrected chi connectivity index (χ2v) is 4.75. The number of nitrogens with one attached hydrogen (secondary N) is 1. The van der Waals surface area contributed by atoms with E-state index in [1.807, 2.05) is 0 Å². The SMILES string of the molecule is Nc1cccc(OCCNC(=O)c2ccc(O)c(Cl)c2)c1. The van der Waals surface area contributed by atoms with E-state index in [4.69, 9.17) is 22.1 Å². The van der Waals surface area contributed by atoms with Crippen molar-refractivity contribution in [2.45, 2.75) is 0 Å². The Kier molecular flexibility index (Phi) is 4.90. The molecule has 2 aromatic carbocycles. The summed E-state index contributed by atoms with van der Waals surface area (Å²) in [6, 6.07) is 11.3. The maximum Gasteiger partial charge on any atom is 0.251 e. The van der Waals surface area contributed by atoms with E-state index in [-0.39, 0.29) is 16.7 Å². The number of amides is 1. The normalized spacial score (nSPS) is 10.1. The van der Waals surface area contributed by atoms with E-state index in [2.05, 4.69) is 5.32 Å². The van der Waals surface area contributed by atoms with Gasteiger partial charge in [0.1, 0.15) is 18.1 Å². The summed E-state index contributed by atoms with van der Waals surface area (Å²) in [7, 11) is 0. The minimum Gasteiger partial charge on any atom is -0.506 e. The molecule has 0 aliphatic heterocycles. The van der Waals surface area contributed by atoms with Gasteiger partial charge in [-0.1, -0.05) is 17.7 Å². The summed E-state index contributed by atoms with van der Waals surface area (Å²) >= 11 is 5.75. The predicted octanol–water partition coefficient (Wildman–Crippen LogP) is 2.44. The number of hydrogen-bond acceptors (Lipinski definition) is 4. The van der Waals surface area contributed by atoms with Crippen LogP contribution in [0.4, 0.5) is 5.69 Å². The van der Waals surface area contributed by atoms with Crippen molar-refractivity contribution in [2.24, 2.45) is 0 Å². The zero-order chi connectivity index (χ0) is 15.2. The van der Waals surface area contributed by atoms with Crippen LogP contribution in [-0.2, 0) is 0 Å². The van der Waals surface area contributed by atoms with Crippen LogP contribution in [0.1, 0.15) is 10.4 Å². The van der Waals surface area contributed by atoms with Gasteiger partial charge in [0.15, 0.2) is 0 Å². The molecule has 1 amide bonds. The number of aromatic hydroxyl groups is 1. The number of ether oxygens (including phenoxy) is 1. The smallest absolute Gasteiger partial charge is 0.251 e. The molecule has 0 aliphatic rings. The molecular formula is C15H15ClN2O3. The standard InChI is InChI=1S/C15H15ClN2O3/c16-13-8-10(4-5-14(13)19)15(20)18-6-7-21-12-3-1-2-11(17)9-12/h1-5,8-9,19H,6-7,17H2,(H,18,20). The average molecular weight is 307 g/mol. The van der Waals surface area contributed by atoms with Gasteiger partial charge < -0.3 is 20.9 Å². The number of anilines is 1. The van der Waals surface area contributed by atoms with E-state index >= 15 is 0 Å². The van der Waals surface area contributed by atoms with Gasteiger partial charge in [0.25, 0.3) is 5.91 Å². The third-order valence-electron chi connectivity index (χ3n) is 2.72. The number of phenolic OH excluding ortho intramolecular Hbond substituents is 1. The van der Waals surface area contributed by atoms with Crippen LogP contribution in [0, 0.1) is 0 Å². The molecule has 0 bridgehead atoms. The minimum absolute atomic E-state index is 0.0572. The molecular weight excluding hydrogens is 292 g/mol. The molecule has 2 aromatic rings. The Morgan fingerprint density at radius 2 is 2.10 bits per heavy atom. The highest BCUT2D eigenvalue weighted by Crippen LogP contribution is 2.23. The van der Waals surface area contributed by atoms with Crippen molar-refractivity contribution in [1.29, 1.82) is 0 Å². The van der Waals surface area contributed by atoms with Crippen molar-refractivity contribution in [3.05, 3.63) is 53.1 Å². The molecule has 0 aliphatic carbocycles. The van der Waals surface area contributed by atoms with Crippen molar-refractivity contribution >= 4 is 23.2 Å². The highest BCUT2D eigenvalue weighted by Gasteiger charge is 2.07. The zero-order valence-corrected chi connectivity index (χ0v) is 11.9. The summed E-state index contributed by atoms with van der Waals surface area (Å²) in [5, 5.41) is 12.1. The van der Waals surface area contributed by atoms with Crippen LogP contribution >= 0.6 is 11.6 Å². The first kappa shape index (κ1) is 15.0. The number of nitrogen functional groups attached to an aromatic ring is 1. The molecule has 6 heteroatoms. The van der Waals surface area contributed by atoms with Crippen molar-refractivity contribution in [2.75, 3.05) is 18.9 Å². The van der Waals surface area contributed by atoms with E-state index < -0.39 is 0 Å². The van der Waals surface area contributed by atoms with Crippen LogP contribution in [0.2, 0.25) is 5.02 Å². The van der Waals surface area contributed by atoms with Crippen LogP contribution in [0.5, 0.6) is 11.5 Å². The lowest BCUT2D eigenvalue weighted by atomic mass is 10.2. The summed E-state index contributed by atoms with van der Waals surface area (Å²) in [6.07, 6.45) is 0. The topological polar surface area (TPSA) is 84.6 Å². The van der Waals surface area contributed by atoms with Gasteiger partial charge in [-0.05, 0) is 30.3 Å². The van der Waals surface area contributed by atoms with E-state index in [0.29, 0.717) is 30.2 Å². The highest BCUT2D eigenvalue weighted by atomic mass is 35.5.